The summed E-state index contributed by atoms with van der Waals surface area (Å²) < 4.78 is 5.02. The predicted molar refractivity (Wildman–Crippen MR) is 54.2 cm³/mol. The first-order chi connectivity index (χ1) is 6.41. The van der Waals surface area contributed by atoms with Crippen LogP contribution in [0.25, 0.3) is 0 Å². The van der Waals surface area contributed by atoms with Crippen molar-refractivity contribution in [3.8, 4) is 5.88 Å². The molecule has 0 atom stereocenters. The lowest BCUT2D eigenvalue weighted by Crippen LogP contribution is -2.15. The summed E-state index contributed by atoms with van der Waals surface area (Å²) in [5.41, 5.74) is 0.870. The smallest absolute Gasteiger partial charge is 0.309 e. The molecule has 3 nitrogen and oxygen atoms in total. The van der Waals surface area contributed by atoms with Crippen LogP contribution in [-0.2, 0) is 10.2 Å². The van der Waals surface area contributed by atoms with Crippen LogP contribution in [-0.4, -0.2) is 11.0 Å². The Morgan fingerprint density at radius 2 is 2.07 bits per heavy atom. The van der Waals surface area contributed by atoms with Gasteiger partial charge in [0.25, 0.3) is 0 Å². The molecule has 0 spiro atoms. The number of aromatic nitrogens is 1. The molecule has 0 radical (unpaired) electrons. The summed E-state index contributed by atoms with van der Waals surface area (Å²) in [6.45, 7) is 7.53. The van der Waals surface area contributed by atoms with Crippen LogP contribution < -0.4 is 4.74 Å². The first-order valence-electron chi connectivity index (χ1n) is 4.55. The average molecular weight is 193 g/mol. The van der Waals surface area contributed by atoms with Gasteiger partial charge in [-0.15, -0.1) is 0 Å². The highest BCUT2D eigenvalue weighted by atomic mass is 16.5. The molecule has 0 saturated heterocycles. The molecular formula is C11H15NO2. The highest BCUT2D eigenvalue weighted by Crippen LogP contribution is 2.28. The minimum absolute atomic E-state index is 0.0704. The molecule has 0 N–H and O–H groups in total. The second kappa shape index (κ2) is 3.78. The van der Waals surface area contributed by atoms with Gasteiger partial charge in [0.2, 0.25) is 5.88 Å². The van der Waals surface area contributed by atoms with Crippen molar-refractivity contribution in [2.75, 3.05) is 0 Å². The summed E-state index contributed by atoms with van der Waals surface area (Å²) in [7, 11) is 0. The van der Waals surface area contributed by atoms with Gasteiger partial charge in [0.05, 0.1) is 0 Å². The second-order valence-electron chi connectivity index (χ2n) is 4.20. The Labute approximate surface area is 84.1 Å². The zero-order chi connectivity index (χ0) is 10.8. The molecule has 0 aliphatic rings. The van der Waals surface area contributed by atoms with Crippen molar-refractivity contribution in [3.63, 3.8) is 0 Å². The fourth-order valence-electron chi connectivity index (χ4n) is 1.18. The van der Waals surface area contributed by atoms with Gasteiger partial charge in [0, 0.05) is 18.7 Å². The monoisotopic (exact) mass is 193 g/mol. The molecule has 3 heteroatoms. The molecule has 0 unspecified atom stereocenters. The van der Waals surface area contributed by atoms with Crippen molar-refractivity contribution in [3.05, 3.63) is 23.9 Å². The number of esters is 1. The Balaban J connectivity index is 3.10. The van der Waals surface area contributed by atoms with E-state index in [9.17, 15) is 4.79 Å². The third-order valence-corrected chi connectivity index (χ3v) is 1.82. The van der Waals surface area contributed by atoms with E-state index in [4.69, 9.17) is 4.74 Å². The zero-order valence-electron chi connectivity index (χ0n) is 9.00. The first-order valence-corrected chi connectivity index (χ1v) is 4.55. The molecule has 0 fully saturated rings. The average Bonchev–Trinajstić information content (AvgIpc) is 2.01. The van der Waals surface area contributed by atoms with Crippen molar-refractivity contribution in [1.82, 2.24) is 4.98 Å². The molecule has 14 heavy (non-hydrogen) atoms. The van der Waals surface area contributed by atoms with Crippen LogP contribution in [0.5, 0.6) is 5.88 Å². The van der Waals surface area contributed by atoms with Gasteiger partial charge in [-0.25, -0.2) is 4.98 Å². The Kier molecular flexibility index (Phi) is 2.89. The normalized spacial score (nSPS) is 11.1. The number of pyridine rings is 1. The van der Waals surface area contributed by atoms with Crippen LogP contribution in [0.4, 0.5) is 0 Å². The van der Waals surface area contributed by atoms with E-state index >= 15 is 0 Å². The van der Waals surface area contributed by atoms with E-state index in [1.165, 1.54) is 6.92 Å². The van der Waals surface area contributed by atoms with Crippen LogP contribution >= 0.6 is 0 Å². The summed E-state index contributed by atoms with van der Waals surface area (Å²) in [6, 6.07) is 3.76. The molecule has 0 saturated carbocycles. The predicted octanol–water partition coefficient (Wildman–Crippen LogP) is 2.30. The van der Waals surface area contributed by atoms with Gasteiger partial charge in [-0.05, 0) is 11.5 Å². The van der Waals surface area contributed by atoms with Crippen LogP contribution in [0.3, 0.4) is 0 Å². The molecule has 0 aromatic carbocycles. The maximum atomic E-state index is 10.8. The highest BCUT2D eigenvalue weighted by molar-refractivity contribution is 5.69. The number of rotatable bonds is 1. The summed E-state index contributed by atoms with van der Waals surface area (Å²) in [5, 5.41) is 0. The molecule has 0 bridgehead atoms. The van der Waals surface area contributed by atoms with Crippen molar-refractivity contribution < 1.29 is 9.53 Å². The largest absolute Gasteiger partial charge is 0.407 e. The standard InChI is InChI=1S/C11H15NO2/c1-8(13)14-10-9(11(2,3)4)6-5-7-12-10/h5-7H,1-4H3. The number of carbonyl (C=O) groups excluding carboxylic acids is 1. The minimum Gasteiger partial charge on any atom is -0.407 e. The molecule has 1 rings (SSSR count). The van der Waals surface area contributed by atoms with Gasteiger partial charge in [-0.3, -0.25) is 4.79 Å². The van der Waals surface area contributed by atoms with Crippen LogP contribution in [0.15, 0.2) is 18.3 Å². The maximum Gasteiger partial charge on any atom is 0.309 e. The molecule has 76 valence electrons. The number of hydrogen-bond donors (Lipinski definition) is 0. The number of hydrogen-bond acceptors (Lipinski definition) is 3. The lowest BCUT2D eigenvalue weighted by atomic mass is 9.88. The van der Waals surface area contributed by atoms with Gasteiger partial charge >= 0.3 is 5.97 Å². The minimum atomic E-state index is -0.339. The Morgan fingerprint density at radius 3 is 2.57 bits per heavy atom. The molecular weight excluding hydrogens is 178 g/mol. The topological polar surface area (TPSA) is 39.2 Å². The molecule has 0 aliphatic carbocycles. The Hall–Kier alpha value is -1.38. The SMILES string of the molecule is CC(=O)Oc1ncccc1C(C)(C)C. The van der Waals surface area contributed by atoms with E-state index < -0.39 is 0 Å². The molecule has 1 aromatic rings. The van der Waals surface area contributed by atoms with Gasteiger partial charge in [-0.1, -0.05) is 26.8 Å². The van der Waals surface area contributed by atoms with Crippen molar-refractivity contribution >= 4 is 5.97 Å². The van der Waals surface area contributed by atoms with E-state index in [0.29, 0.717) is 5.88 Å². The molecule has 1 aromatic heterocycles. The number of carbonyl (C=O) groups is 1. The van der Waals surface area contributed by atoms with E-state index in [-0.39, 0.29) is 11.4 Å². The van der Waals surface area contributed by atoms with E-state index in [1.54, 1.807) is 6.20 Å². The van der Waals surface area contributed by atoms with Gasteiger partial charge in [0.15, 0.2) is 0 Å². The van der Waals surface area contributed by atoms with Gasteiger partial charge < -0.3 is 4.74 Å². The van der Waals surface area contributed by atoms with E-state index in [1.807, 2.05) is 12.1 Å². The summed E-state index contributed by atoms with van der Waals surface area (Å²) in [4.78, 5) is 14.9. The van der Waals surface area contributed by atoms with Gasteiger partial charge in [0.1, 0.15) is 0 Å². The highest BCUT2D eigenvalue weighted by Gasteiger charge is 2.20. The number of ether oxygens (including phenoxy) is 1. The summed E-state index contributed by atoms with van der Waals surface area (Å²) >= 11 is 0. The van der Waals surface area contributed by atoms with Gasteiger partial charge in [-0.2, -0.15) is 0 Å². The zero-order valence-corrected chi connectivity index (χ0v) is 9.00. The Bertz CT molecular complexity index is 339. The third kappa shape index (κ3) is 2.55. The summed E-state index contributed by atoms with van der Waals surface area (Å²) in [5.74, 6) is 0.0710. The van der Waals surface area contributed by atoms with Crippen LogP contribution in [0.2, 0.25) is 0 Å². The van der Waals surface area contributed by atoms with E-state index in [2.05, 4.69) is 25.8 Å². The summed E-state index contributed by atoms with van der Waals surface area (Å²) in [6.07, 6.45) is 1.62. The van der Waals surface area contributed by atoms with Crippen molar-refractivity contribution in [2.45, 2.75) is 33.1 Å². The fourth-order valence-corrected chi connectivity index (χ4v) is 1.18. The van der Waals surface area contributed by atoms with Crippen molar-refractivity contribution in [1.29, 1.82) is 0 Å². The molecule has 1 heterocycles. The third-order valence-electron chi connectivity index (χ3n) is 1.82. The maximum absolute atomic E-state index is 10.8. The number of nitrogens with zero attached hydrogens (tertiary/aromatic N) is 1. The Morgan fingerprint density at radius 1 is 1.43 bits per heavy atom. The molecule has 0 amide bonds. The second-order valence-corrected chi connectivity index (χ2v) is 4.20. The van der Waals surface area contributed by atoms with Crippen molar-refractivity contribution in [2.24, 2.45) is 0 Å². The van der Waals surface area contributed by atoms with Crippen LogP contribution in [0.1, 0.15) is 33.3 Å². The van der Waals surface area contributed by atoms with Crippen LogP contribution in [0, 0.1) is 0 Å². The fraction of sp³-hybridized carbons (Fsp3) is 0.455. The van der Waals surface area contributed by atoms with E-state index in [0.717, 1.165) is 5.56 Å². The first kappa shape index (κ1) is 10.7. The molecule has 0 aliphatic heterocycles. The quantitative estimate of drug-likeness (QED) is 0.642. The lowest BCUT2D eigenvalue weighted by molar-refractivity contribution is -0.132. The lowest BCUT2D eigenvalue weighted by Gasteiger charge is -2.20.